The minimum atomic E-state index is -0.113. The van der Waals surface area contributed by atoms with Crippen molar-refractivity contribution in [1.29, 1.82) is 0 Å². The first-order chi connectivity index (χ1) is 16.8. The Labute approximate surface area is 196 Å². The average molecular weight is 444 g/mol. The molecule has 0 bridgehead atoms. The molecular formula is C27H21N7. The normalized spacial score (nSPS) is 11.2. The summed E-state index contributed by atoms with van der Waals surface area (Å²) in [5.74, 6) is 1.13. The van der Waals surface area contributed by atoms with Crippen molar-refractivity contribution in [2.24, 2.45) is 0 Å². The maximum Gasteiger partial charge on any atom is 0.227 e. The molecule has 164 valence electrons. The number of rotatable bonds is 6. The molecule has 0 unspecified atom stereocenters. The molecule has 3 N–H and O–H groups in total. The lowest BCUT2D eigenvalue weighted by Gasteiger charge is -2.20. The van der Waals surface area contributed by atoms with Crippen LogP contribution in [0.4, 0.5) is 17.5 Å². The van der Waals surface area contributed by atoms with E-state index >= 15 is 0 Å². The van der Waals surface area contributed by atoms with Gasteiger partial charge in [-0.25, -0.2) is 4.98 Å². The van der Waals surface area contributed by atoms with E-state index in [0.717, 1.165) is 33.2 Å². The number of H-pyrrole nitrogens is 1. The zero-order valence-corrected chi connectivity index (χ0v) is 18.2. The summed E-state index contributed by atoms with van der Waals surface area (Å²) in [6, 6.07) is 30.4. The fourth-order valence-electron chi connectivity index (χ4n) is 4.06. The Kier molecular flexibility index (Phi) is 5.04. The maximum atomic E-state index is 4.82. The summed E-state index contributed by atoms with van der Waals surface area (Å²) in [6.45, 7) is 0. The predicted molar refractivity (Wildman–Crippen MR) is 135 cm³/mol. The van der Waals surface area contributed by atoms with E-state index in [2.05, 4.69) is 60.9 Å². The average Bonchev–Trinajstić information content (AvgIpc) is 3.37. The predicted octanol–water partition coefficient (Wildman–Crippen LogP) is 5.85. The molecule has 0 saturated carbocycles. The van der Waals surface area contributed by atoms with E-state index in [0.29, 0.717) is 17.4 Å². The molecule has 0 amide bonds. The lowest BCUT2D eigenvalue weighted by molar-refractivity contribution is 0.912. The van der Waals surface area contributed by atoms with Crippen molar-refractivity contribution in [2.45, 2.75) is 6.04 Å². The van der Waals surface area contributed by atoms with Crippen molar-refractivity contribution >= 4 is 39.5 Å². The fraction of sp³-hybridized carbons (Fsp3) is 0.0370. The molecule has 0 saturated heterocycles. The molecule has 3 heterocycles. The van der Waals surface area contributed by atoms with Crippen molar-refractivity contribution in [1.82, 2.24) is 24.9 Å². The van der Waals surface area contributed by atoms with Gasteiger partial charge in [-0.1, -0.05) is 66.7 Å². The fourth-order valence-corrected chi connectivity index (χ4v) is 4.06. The molecule has 6 rings (SSSR count). The number of imidazole rings is 1. The van der Waals surface area contributed by atoms with Gasteiger partial charge in [-0.05, 0) is 35.4 Å². The molecule has 0 fully saturated rings. The largest absolute Gasteiger partial charge is 0.343 e. The van der Waals surface area contributed by atoms with Crippen LogP contribution < -0.4 is 10.6 Å². The smallest absolute Gasteiger partial charge is 0.227 e. The Morgan fingerprint density at radius 3 is 2.26 bits per heavy atom. The van der Waals surface area contributed by atoms with Crippen LogP contribution in [0.3, 0.4) is 0 Å². The van der Waals surface area contributed by atoms with Crippen LogP contribution in [-0.4, -0.2) is 24.9 Å². The number of benzene rings is 3. The second kappa shape index (κ2) is 8.63. The minimum Gasteiger partial charge on any atom is -0.343 e. The highest BCUT2D eigenvalue weighted by molar-refractivity contribution is 5.88. The zero-order valence-electron chi connectivity index (χ0n) is 18.2. The molecule has 0 aliphatic heterocycles. The Hall–Kier alpha value is -4.78. The number of fused-ring (bicyclic) bond motifs is 2. The summed E-state index contributed by atoms with van der Waals surface area (Å²) in [6.07, 6.45) is 3.42. The van der Waals surface area contributed by atoms with Crippen molar-refractivity contribution in [2.75, 3.05) is 10.6 Å². The molecule has 3 aromatic carbocycles. The van der Waals surface area contributed by atoms with Crippen molar-refractivity contribution in [3.8, 4) is 0 Å². The molecule has 7 nitrogen and oxygen atoms in total. The lowest BCUT2D eigenvalue weighted by Crippen LogP contribution is -2.15. The summed E-state index contributed by atoms with van der Waals surface area (Å²) in [7, 11) is 0. The molecule has 0 spiro atoms. The van der Waals surface area contributed by atoms with Gasteiger partial charge in [0.05, 0.1) is 17.9 Å². The van der Waals surface area contributed by atoms with E-state index in [9.17, 15) is 0 Å². The van der Waals surface area contributed by atoms with Gasteiger partial charge in [0.25, 0.3) is 0 Å². The minimum absolute atomic E-state index is 0.113. The Morgan fingerprint density at radius 1 is 0.735 bits per heavy atom. The third-order valence-corrected chi connectivity index (χ3v) is 5.69. The highest BCUT2D eigenvalue weighted by atomic mass is 15.2. The van der Waals surface area contributed by atoms with Gasteiger partial charge in [0.2, 0.25) is 5.95 Å². The van der Waals surface area contributed by atoms with E-state index < -0.39 is 0 Å². The van der Waals surface area contributed by atoms with Gasteiger partial charge >= 0.3 is 0 Å². The molecule has 34 heavy (non-hydrogen) atoms. The van der Waals surface area contributed by atoms with Crippen LogP contribution in [0.5, 0.6) is 0 Å². The quantitative estimate of drug-likeness (QED) is 0.299. The Bertz CT molecular complexity index is 1520. The monoisotopic (exact) mass is 443 g/mol. The number of pyridine rings is 1. The first kappa shape index (κ1) is 19.9. The van der Waals surface area contributed by atoms with E-state index in [1.807, 2.05) is 60.7 Å². The Balaban J connectivity index is 1.39. The second-order valence-electron chi connectivity index (χ2n) is 7.93. The maximum absolute atomic E-state index is 4.82. The molecule has 0 aliphatic rings. The summed E-state index contributed by atoms with van der Waals surface area (Å²) < 4.78 is 0. The van der Waals surface area contributed by atoms with E-state index in [1.54, 1.807) is 12.5 Å². The number of aromatic nitrogens is 5. The molecule has 6 aromatic rings. The number of aromatic amines is 1. The number of hydrogen-bond acceptors (Lipinski definition) is 6. The molecular weight excluding hydrogens is 422 g/mol. The van der Waals surface area contributed by atoms with Crippen LogP contribution >= 0.6 is 0 Å². The summed E-state index contributed by atoms with van der Waals surface area (Å²) in [5.41, 5.74) is 5.42. The number of anilines is 3. The second-order valence-corrected chi connectivity index (χ2v) is 7.93. The van der Waals surface area contributed by atoms with Crippen LogP contribution in [0.25, 0.3) is 22.1 Å². The van der Waals surface area contributed by atoms with Crippen LogP contribution in [0, 0.1) is 0 Å². The number of nitrogens with zero attached hydrogens (tertiary/aromatic N) is 4. The van der Waals surface area contributed by atoms with Crippen LogP contribution in [0.15, 0.2) is 104 Å². The van der Waals surface area contributed by atoms with Crippen molar-refractivity contribution in [3.63, 3.8) is 0 Å². The molecule has 0 radical (unpaired) electrons. The van der Waals surface area contributed by atoms with Gasteiger partial charge in [-0.2, -0.15) is 9.97 Å². The van der Waals surface area contributed by atoms with Gasteiger partial charge in [-0.15, -0.1) is 0 Å². The van der Waals surface area contributed by atoms with Gasteiger partial charge in [0.1, 0.15) is 5.52 Å². The van der Waals surface area contributed by atoms with E-state index in [1.165, 1.54) is 0 Å². The standard InChI is InChI=1S/C27H21N7/c1-3-8-18(9-4-1)23(19-10-5-2-6-11-19)32-27-33-25-24(29-17-30-25)26(34-27)31-21-13-14-22-20(16-21)12-7-15-28-22/h1-17,23H,(H3,29,30,31,32,33,34). The highest BCUT2D eigenvalue weighted by Crippen LogP contribution is 2.29. The van der Waals surface area contributed by atoms with Gasteiger partial charge in [-0.3, -0.25) is 4.98 Å². The third-order valence-electron chi connectivity index (χ3n) is 5.69. The number of hydrogen-bond donors (Lipinski definition) is 3. The topological polar surface area (TPSA) is 91.4 Å². The van der Waals surface area contributed by atoms with E-state index in [4.69, 9.17) is 4.98 Å². The summed E-state index contributed by atoms with van der Waals surface area (Å²) in [5, 5.41) is 8.00. The third kappa shape index (κ3) is 3.91. The first-order valence-electron chi connectivity index (χ1n) is 11.0. The summed E-state index contributed by atoms with van der Waals surface area (Å²) >= 11 is 0. The van der Waals surface area contributed by atoms with Crippen molar-refractivity contribution in [3.05, 3.63) is 115 Å². The van der Waals surface area contributed by atoms with Crippen LogP contribution in [-0.2, 0) is 0 Å². The lowest BCUT2D eigenvalue weighted by atomic mass is 9.99. The van der Waals surface area contributed by atoms with Gasteiger partial charge < -0.3 is 15.6 Å². The van der Waals surface area contributed by atoms with Gasteiger partial charge in [0.15, 0.2) is 11.5 Å². The van der Waals surface area contributed by atoms with Crippen LogP contribution in [0.2, 0.25) is 0 Å². The van der Waals surface area contributed by atoms with Gasteiger partial charge in [0, 0.05) is 17.3 Å². The first-order valence-corrected chi connectivity index (χ1v) is 11.0. The zero-order chi connectivity index (χ0) is 22.7. The van der Waals surface area contributed by atoms with Crippen molar-refractivity contribution < 1.29 is 0 Å². The van der Waals surface area contributed by atoms with Crippen LogP contribution in [0.1, 0.15) is 17.2 Å². The van der Waals surface area contributed by atoms with E-state index in [-0.39, 0.29) is 6.04 Å². The number of nitrogens with one attached hydrogen (secondary N) is 3. The SMILES string of the molecule is c1ccc(C(Nc2nc(Nc3ccc4ncccc4c3)c3[nH]cnc3n2)c2ccccc2)cc1. The molecule has 0 aliphatic carbocycles. The Morgan fingerprint density at radius 2 is 1.50 bits per heavy atom. The highest BCUT2D eigenvalue weighted by Gasteiger charge is 2.17. The molecule has 3 aromatic heterocycles. The molecule has 0 atom stereocenters. The summed E-state index contributed by atoms with van der Waals surface area (Å²) in [4.78, 5) is 21.4. The molecule has 7 heteroatoms.